The molecular weight excluding hydrogens is 283 g/mol. The second-order valence-corrected chi connectivity index (χ2v) is 6.23. The zero-order valence-corrected chi connectivity index (χ0v) is 12.7. The lowest BCUT2D eigenvalue weighted by Crippen LogP contribution is -2.44. The summed E-state index contributed by atoms with van der Waals surface area (Å²) in [6, 6.07) is 5.87. The first-order valence-electron chi connectivity index (χ1n) is 8.14. The van der Waals surface area contributed by atoms with Gasteiger partial charge in [0.05, 0.1) is 12.1 Å². The number of hydrogen-bond donors (Lipinski definition) is 2. The maximum atomic E-state index is 13.1. The fraction of sp³-hybridized carbons (Fsp3) is 0.588. The van der Waals surface area contributed by atoms with Gasteiger partial charge in [0.1, 0.15) is 5.82 Å². The van der Waals surface area contributed by atoms with Crippen LogP contribution < -0.4 is 10.6 Å². The highest BCUT2D eigenvalue weighted by atomic mass is 19.1. The summed E-state index contributed by atoms with van der Waals surface area (Å²) in [7, 11) is 0. The molecule has 2 aliphatic rings. The van der Waals surface area contributed by atoms with Crippen LogP contribution in [0.1, 0.15) is 43.7 Å². The first kappa shape index (κ1) is 15.3. The highest BCUT2D eigenvalue weighted by Gasteiger charge is 2.29. The van der Waals surface area contributed by atoms with Crippen molar-refractivity contribution in [1.29, 1.82) is 0 Å². The Morgan fingerprint density at radius 1 is 1.23 bits per heavy atom. The molecule has 0 bridgehead atoms. The van der Waals surface area contributed by atoms with E-state index in [0.717, 1.165) is 24.9 Å². The molecule has 0 radical (unpaired) electrons. The molecule has 2 atom stereocenters. The van der Waals surface area contributed by atoms with E-state index in [2.05, 4.69) is 10.6 Å². The minimum Gasteiger partial charge on any atom is -0.376 e. The van der Waals surface area contributed by atoms with Crippen LogP contribution >= 0.6 is 0 Å². The van der Waals surface area contributed by atoms with Crippen LogP contribution in [0.25, 0.3) is 0 Å². The van der Waals surface area contributed by atoms with Crippen molar-refractivity contribution in [2.75, 3.05) is 13.2 Å². The van der Waals surface area contributed by atoms with Crippen LogP contribution in [-0.2, 0) is 4.74 Å². The molecule has 1 aliphatic carbocycles. The predicted octanol–water partition coefficient (Wildman–Crippen LogP) is 3.15. The number of rotatable bonds is 5. The number of nitrogens with one attached hydrogen (secondary N) is 2. The van der Waals surface area contributed by atoms with Crippen molar-refractivity contribution in [2.45, 2.75) is 44.2 Å². The Morgan fingerprint density at radius 2 is 2.00 bits per heavy atom. The lowest BCUT2D eigenvalue weighted by molar-refractivity contribution is 0.0806. The summed E-state index contributed by atoms with van der Waals surface area (Å²) in [5, 5.41) is 5.94. The van der Waals surface area contributed by atoms with Gasteiger partial charge in [0.2, 0.25) is 0 Å². The van der Waals surface area contributed by atoms with Crippen molar-refractivity contribution in [1.82, 2.24) is 10.6 Å². The van der Waals surface area contributed by atoms with Crippen molar-refractivity contribution < 1.29 is 13.9 Å². The monoisotopic (exact) mass is 306 g/mol. The molecule has 2 amide bonds. The van der Waals surface area contributed by atoms with Gasteiger partial charge in [0, 0.05) is 13.2 Å². The van der Waals surface area contributed by atoms with Gasteiger partial charge in [-0.3, -0.25) is 0 Å². The molecule has 1 saturated heterocycles. The molecule has 0 aromatic heterocycles. The zero-order chi connectivity index (χ0) is 15.4. The maximum absolute atomic E-state index is 13.1. The third-order valence-corrected chi connectivity index (χ3v) is 4.63. The van der Waals surface area contributed by atoms with Crippen LogP contribution in [0.2, 0.25) is 0 Å². The highest BCUT2D eigenvalue weighted by Crippen LogP contribution is 2.27. The summed E-state index contributed by atoms with van der Waals surface area (Å²) < 4.78 is 18.8. The van der Waals surface area contributed by atoms with E-state index >= 15 is 0 Å². The van der Waals surface area contributed by atoms with Crippen molar-refractivity contribution in [3.8, 4) is 0 Å². The molecule has 1 aromatic rings. The summed E-state index contributed by atoms with van der Waals surface area (Å²) in [5.41, 5.74) is 0.882. The number of benzene rings is 1. The Bertz CT molecular complexity index is 496. The number of carbonyl (C=O) groups excluding carboxylic acids is 1. The second-order valence-electron chi connectivity index (χ2n) is 6.23. The van der Waals surface area contributed by atoms with Crippen molar-refractivity contribution in [2.24, 2.45) is 5.92 Å². The summed E-state index contributed by atoms with van der Waals surface area (Å²) in [6.45, 7) is 1.45. The molecule has 2 N–H and O–H groups in total. The number of carbonyl (C=O) groups is 1. The number of hydrogen-bond acceptors (Lipinski definition) is 2. The van der Waals surface area contributed by atoms with Crippen LogP contribution in [0, 0.1) is 11.7 Å². The number of amides is 2. The minimum atomic E-state index is -0.274. The zero-order valence-electron chi connectivity index (χ0n) is 12.7. The maximum Gasteiger partial charge on any atom is 0.315 e. The highest BCUT2D eigenvalue weighted by molar-refractivity contribution is 5.74. The standard InChI is InChI=1S/C17H23FN2O2/c18-14-8-6-13(7-9-14)16(15-5-2-10-22-15)20-17(21)19-11-12-3-1-4-12/h6-9,12,15-16H,1-5,10-11H2,(H2,19,20,21). The normalized spacial score (nSPS) is 22.9. The van der Waals surface area contributed by atoms with Crippen molar-refractivity contribution in [3.05, 3.63) is 35.6 Å². The fourth-order valence-electron chi connectivity index (χ4n) is 3.05. The average molecular weight is 306 g/mol. The molecule has 3 rings (SSSR count). The largest absolute Gasteiger partial charge is 0.376 e. The first-order chi connectivity index (χ1) is 10.7. The van der Waals surface area contributed by atoms with E-state index in [9.17, 15) is 9.18 Å². The molecule has 0 spiro atoms. The molecule has 1 aliphatic heterocycles. The van der Waals surface area contributed by atoms with Gasteiger partial charge < -0.3 is 15.4 Å². The van der Waals surface area contributed by atoms with E-state index in [1.165, 1.54) is 31.4 Å². The van der Waals surface area contributed by atoms with E-state index in [4.69, 9.17) is 4.74 Å². The van der Waals surface area contributed by atoms with Crippen molar-refractivity contribution in [3.63, 3.8) is 0 Å². The fourth-order valence-corrected chi connectivity index (χ4v) is 3.05. The first-order valence-corrected chi connectivity index (χ1v) is 8.14. The molecule has 22 heavy (non-hydrogen) atoms. The molecule has 1 aromatic carbocycles. The molecular formula is C17H23FN2O2. The Hall–Kier alpha value is -1.62. The number of urea groups is 1. The van der Waals surface area contributed by atoms with Gasteiger partial charge in [0.15, 0.2) is 0 Å². The molecule has 120 valence electrons. The average Bonchev–Trinajstić information content (AvgIpc) is 2.98. The van der Waals surface area contributed by atoms with Gasteiger partial charge in [-0.2, -0.15) is 0 Å². The molecule has 2 unspecified atom stereocenters. The Balaban J connectivity index is 1.62. The quantitative estimate of drug-likeness (QED) is 0.878. The Kier molecular flexibility index (Phi) is 4.93. The molecule has 1 heterocycles. The molecule has 4 nitrogen and oxygen atoms in total. The van der Waals surface area contributed by atoms with Crippen LogP contribution in [0.3, 0.4) is 0 Å². The summed E-state index contributed by atoms with van der Waals surface area (Å²) in [6.07, 6.45) is 5.53. The predicted molar refractivity (Wildman–Crippen MR) is 82.0 cm³/mol. The second kappa shape index (κ2) is 7.09. The molecule has 5 heteroatoms. The van der Waals surface area contributed by atoms with Crippen LogP contribution in [0.5, 0.6) is 0 Å². The van der Waals surface area contributed by atoms with Crippen LogP contribution in [0.4, 0.5) is 9.18 Å². The smallest absolute Gasteiger partial charge is 0.315 e. The van der Waals surface area contributed by atoms with Gasteiger partial charge in [-0.1, -0.05) is 18.6 Å². The third-order valence-electron chi connectivity index (χ3n) is 4.63. The van der Waals surface area contributed by atoms with Gasteiger partial charge in [-0.05, 0) is 49.3 Å². The SMILES string of the molecule is O=C(NCC1CCC1)NC(c1ccc(F)cc1)C1CCCO1. The molecule has 2 fully saturated rings. The van der Waals surface area contributed by atoms with E-state index in [-0.39, 0.29) is 24.0 Å². The van der Waals surface area contributed by atoms with E-state index < -0.39 is 0 Å². The van der Waals surface area contributed by atoms with Gasteiger partial charge in [-0.15, -0.1) is 0 Å². The Labute approximate surface area is 130 Å². The number of halogens is 1. The van der Waals surface area contributed by atoms with Gasteiger partial charge in [-0.25, -0.2) is 9.18 Å². The third kappa shape index (κ3) is 3.77. The number of ether oxygens (including phenoxy) is 1. The minimum absolute atomic E-state index is 0.0417. The molecule has 1 saturated carbocycles. The Morgan fingerprint density at radius 3 is 2.59 bits per heavy atom. The topological polar surface area (TPSA) is 50.4 Å². The van der Waals surface area contributed by atoms with Crippen LogP contribution in [-0.4, -0.2) is 25.3 Å². The summed E-state index contributed by atoms with van der Waals surface area (Å²) >= 11 is 0. The van der Waals surface area contributed by atoms with E-state index in [1.54, 1.807) is 12.1 Å². The lowest BCUT2D eigenvalue weighted by atomic mass is 9.85. The lowest BCUT2D eigenvalue weighted by Gasteiger charge is -2.28. The van der Waals surface area contributed by atoms with E-state index in [1.807, 2.05) is 0 Å². The van der Waals surface area contributed by atoms with Crippen LogP contribution in [0.15, 0.2) is 24.3 Å². The van der Waals surface area contributed by atoms with E-state index in [0.29, 0.717) is 12.5 Å². The van der Waals surface area contributed by atoms with Crippen molar-refractivity contribution >= 4 is 6.03 Å². The van der Waals surface area contributed by atoms with Gasteiger partial charge >= 0.3 is 6.03 Å². The summed E-state index contributed by atoms with van der Waals surface area (Å²) in [4.78, 5) is 12.1. The summed E-state index contributed by atoms with van der Waals surface area (Å²) in [5.74, 6) is 0.349. The van der Waals surface area contributed by atoms with Gasteiger partial charge in [0.25, 0.3) is 0 Å².